The smallest absolute Gasteiger partial charge is 0.330 e. The third kappa shape index (κ3) is 2.55. The van der Waals surface area contributed by atoms with Crippen molar-refractivity contribution in [2.75, 3.05) is 13.2 Å². The van der Waals surface area contributed by atoms with E-state index in [0.717, 1.165) is 4.57 Å². The van der Waals surface area contributed by atoms with Crippen LogP contribution in [0.25, 0.3) is 0 Å². The highest BCUT2D eigenvalue weighted by molar-refractivity contribution is 5.03. The first-order valence-corrected chi connectivity index (χ1v) is 6.37. The molecule has 4 atom stereocenters. The van der Waals surface area contributed by atoms with Crippen molar-refractivity contribution in [1.29, 1.82) is 0 Å². The summed E-state index contributed by atoms with van der Waals surface area (Å²) in [6, 6.07) is 0. The lowest BCUT2D eigenvalue weighted by Crippen LogP contribution is -2.40. The number of nitrogens with zero attached hydrogens (tertiary/aromatic N) is 1. The fourth-order valence-electron chi connectivity index (χ4n) is 2.24. The molecule has 112 valence electrons. The van der Waals surface area contributed by atoms with E-state index in [1.807, 2.05) is 0 Å². The third-order valence-corrected chi connectivity index (χ3v) is 3.27. The van der Waals surface area contributed by atoms with E-state index in [4.69, 9.17) is 14.6 Å². The Labute approximate surface area is 114 Å². The van der Waals surface area contributed by atoms with Gasteiger partial charge < -0.3 is 19.7 Å². The van der Waals surface area contributed by atoms with Crippen LogP contribution in [-0.2, 0) is 9.47 Å². The van der Waals surface area contributed by atoms with E-state index in [-0.39, 0.29) is 0 Å². The van der Waals surface area contributed by atoms with E-state index in [9.17, 15) is 14.7 Å². The van der Waals surface area contributed by atoms with E-state index in [1.54, 1.807) is 13.8 Å². The van der Waals surface area contributed by atoms with Gasteiger partial charge in [-0.25, -0.2) is 4.79 Å². The lowest BCUT2D eigenvalue weighted by molar-refractivity contribution is -0.0717. The number of aromatic nitrogens is 2. The molecule has 0 amide bonds. The van der Waals surface area contributed by atoms with Gasteiger partial charge in [-0.3, -0.25) is 14.3 Å². The van der Waals surface area contributed by atoms with Crippen LogP contribution >= 0.6 is 0 Å². The number of aliphatic hydroxyl groups is 2. The lowest BCUT2D eigenvalue weighted by atomic mass is 10.1. The number of hydrogen-bond acceptors (Lipinski definition) is 6. The molecular formula is C12H18N2O6. The van der Waals surface area contributed by atoms with Crippen LogP contribution < -0.4 is 11.2 Å². The predicted molar refractivity (Wildman–Crippen MR) is 68.5 cm³/mol. The molecular weight excluding hydrogens is 268 g/mol. The highest BCUT2D eigenvalue weighted by Gasteiger charge is 2.45. The van der Waals surface area contributed by atoms with Gasteiger partial charge in [-0.15, -0.1) is 0 Å². The molecule has 1 aromatic heterocycles. The quantitative estimate of drug-likeness (QED) is 0.621. The van der Waals surface area contributed by atoms with Crippen LogP contribution in [0.15, 0.2) is 15.8 Å². The average molecular weight is 286 g/mol. The lowest BCUT2D eigenvalue weighted by Gasteiger charge is -2.21. The first-order valence-electron chi connectivity index (χ1n) is 6.37. The molecule has 2 heterocycles. The van der Waals surface area contributed by atoms with Gasteiger partial charge in [0.1, 0.15) is 18.3 Å². The molecule has 0 aromatic carbocycles. The topological polar surface area (TPSA) is 114 Å². The molecule has 1 aliphatic heterocycles. The molecule has 3 N–H and O–H groups in total. The summed E-state index contributed by atoms with van der Waals surface area (Å²) in [5.41, 5.74) is -0.789. The van der Waals surface area contributed by atoms with Crippen molar-refractivity contribution in [3.05, 3.63) is 32.6 Å². The Hall–Kier alpha value is -1.48. The maximum atomic E-state index is 11.9. The number of aliphatic hydroxyl groups excluding tert-OH is 2. The van der Waals surface area contributed by atoms with E-state index in [0.29, 0.717) is 12.2 Å². The van der Waals surface area contributed by atoms with Crippen molar-refractivity contribution in [2.24, 2.45) is 0 Å². The Kier molecular flexibility index (Phi) is 4.39. The van der Waals surface area contributed by atoms with Crippen molar-refractivity contribution in [3.8, 4) is 0 Å². The van der Waals surface area contributed by atoms with Gasteiger partial charge in [0, 0.05) is 18.4 Å². The Morgan fingerprint density at radius 3 is 2.80 bits per heavy atom. The van der Waals surface area contributed by atoms with Gasteiger partial charge >= 0.3 is 5.69 Å². The second-order valence-corrected chi connectivity index (χ2v) is 4.64. The molecule has 1 aromatic rings. The largest absolute Gasteiger partial charge is 0.394 e. The van der Waals surface area contributed by atoms with Crippen LogP contribution in [-0.4, -0.2) is 51.3 Å². The van der Waals surface area contributed by atoms with Crippen LogP contribution in [0.1, 0.15) is 18.7 Å². The summed E-state index contributed by atoms with van der Waals surface area (Å²) < 4.78 is 12.0. The minimum atomic E-state index is -1.05. The summed E-state index contributed by atoms with van der Waals surface area (Å²) in [4.78, 5) is 25.4. The van der Waals surface area contributed by atoms with Crippen molar-refractivity contribution in [2.45, 2.75) is 38.4 Å². The second kappa shape index (κ2) is 5.88. The van der Waals surface area contributed by atoms with Crippen LogP contribution in [0.3, 0.4) is 0 Å². The summed E-state index contributed by atoms with van der Waals surface area (Å²) in [5.74, 6) is 0. The van der Waals surface area contributed by atoms with E-state index < -0.39 is 42.4 Å². The van der Waals surface area contributed by atoms with Crippen LogP contribution in [0, 0.1) is 6.92 Å². The molecule has 1 saturated heterocycles. The normalized spacial score (nSPS) is 29.8. The molecule has 8 nitrogen and oxygen atoms in total. The number of ether oxygens (including phenoxy) is 2. The van der Waals surface area contributed by atoms with Crippen molar-refractivity contribution < 1.29 is 19.7 Å². The van der Waals surface area contributed by atoms with Crippen LogP contribution in [0.4, 0.5) is 0 Å². The molecule has 1 fully saturated rings. The third-order valence-electron chi connectivity index (χ3n) is 3.27. The summed E-state index contributed by atoms with van der Waals surface area (Å²) in [7, 11) is 0. The van der Waals surface area contributed by atoms with Crippen molar-refractivity contribution in [3.63, 3.8) is 0 Å². The Balaban J connectivity index is 2.42. The van der Waals surface area contributed by atoms with Gasteiger partial charge in [-0.05, 0) is 13.8 Å². The predicted octanol–water partition coefficient (Wildman–Crippen LogP) is -1.50. The van der Waals surface area contributed by atoms with Crippen molar-refractivity contribution >= 4 is 0 Å². The molecule has 1 unspecified atom stereocenters. The minimum absolute atomic E-state index is 0.316. The molecule has 0 aliphatic carbocycles. The van der Waals surface area contributed by atoms with Gasteiger partial charge in [0.15, 0.2) is 6.23 Å². The van der Waals surface area contributed by atoms with Gasteiger partial charge in [0.2, 0.25) is 0 Å². The van der Waals surface area contributed by atoms with E-state index in [2.05, 4.69) is 4.98 Å². The first kappa shape index (κ1) is 14.9. The molecule has 20 heavy (non-hydrogen) atoms. The average Bonchev–Trinajstić information content (AvgIpc) is 2.72. The van der Waals surface area contributed by atoms with E-state index in [1.165, 1.54) is 6.20 Å². The molecule has 0 radical (unpaired) electrons. The highest BCUT2D eigenvalue weighted by Crippen LogP contribution is 2.30. The number of hydrogen-bond donors (Lipinski definition) is 3. The molecule has 0 saturated carbocycles. The zero-order valence-corrected chi connectivity index (χ0v) is 11.3. The molecule has 1 aliphatic rings. The zero-order chi connectivity index (χ0) is 14.9. The number of H-pyrrole nitrogens is 1. The standard InChI is InChI=1S/C12H18N2O6/c1-3-19-9-8(16)7(5-15)20-11(9)14-4-6(2)10(17)13-12(14)18/h4,7-9,11,15-16H,3,5H2,1-2H3,(H,13,17,18)/t7-,8?,9+,11-/m1/s1. The zero-order valence-electron chi connectivity index (χ0n) is 11.3. The maximum Gasteiger partial charge on any atom is 0.330 e. The Bertz CT molecular complexity index is 580. The maximum absolute atomic E-state index is 11.9. The Morgan fingerprint density at radius 1 is 1.50 bits per heavy atom. The first-order chi connectivity index (χ1) is 9.49. The Morgan fingerprint density at radius 2 is 2.20 bits per heavy atom. The van der Waals surface area contributed by atoms with E-state index >= 15 is 0 Å². The second-order valence-electron chi connectivity index (χ2n) is 4.64. The number of rotatable bonds is 4. The summed E-state index contributed by atoms with van der Waals surface area (Å²) >= 11 is 0. The number of nitrogens with one attached hydrogen (secondary N) is 1. The fraction of sp³-hybridized carbons (Fsp3) is 0.667. The monoisotopic (exact) mass is 286 g/mol. The van der Waals surface area contributed by atoms with Gasteiger partial charge in [-0.1, -0.05) is 0 Å². The van der Waals surface area contributed by atoms with Gasteiger partial charge in [0.05, 0.1) is 6.61 Å². The number of aryl methyl sites for hydroxylation is 1. The highest BCUT2D eigenvalue weighted by atomic mass is 16.6. The van der Waals surface area contributed by atoms with Gasteiger partial charge in [-0.2, -0.15) is 0 Å². The van der Waals surface area contributed by atoms with Crippen molar-refractivity contribution in [1.82, 2.24) is 9.55 Å². The summed E-state index contributed by atoms with van der Waals surface area (Å²) in [5, 5.41) is 19.2. The minimum Gasteiger partial charge on any atom is -0.394 e. The summed E-state index contributed by atoms with van der Waals surface area (Å²) in [6.45, 7) is 3.23. The van der Waals surface area contributed by atoms with Crippen LogP contribution in [0.5, 0.6) is 0 Å². The molecule has 0 spiro atoms. The molecule has 2 rings (SSSR count). The van der Waals surface area contributed by atoms with Crippen LogP contribution in [0.2, 0.25) is 0 Å². The SMILES string of the molecule is CCO[C@H]1C(O)[C@@H](CO)O[C@H]1n1cc(C)c(=O)[nH]c1=O. The molecule has 8 heteroatoms. The summed E-state index contributed by atoms with van der Waals surface area (Å²) in [6.07, 6.45) is -2.23. The van der Waals surface area contributed by atoms with Gasteiger partial charge in [0.25, 0.3) is 5.56 Å². The number of aromatic amines is 1. The fourth-order valence-corrected chi connectivity index (χ4v) is 2.24. The molecule has 0 bridgehead atoms.